The molecule has 0 bridgehead atoms. The zero-order chi connectivity index (χ0) is 12.2. The largest absolute Gasteiger partial charge is 0.329 e. The van der Waals surface area contributed by atoms with Crippen molar-refractivity contribution in [1.82, 2.24) is 4.72 Å². The first-order valence-corrected chi connectivity index (χ1v) is 7.63. The van der Waals surface area contributed by atoms with Crippen LogP contribution in [0.2, 0.25) is 0 Å². The Morgan fingerprint density at radius 2 is 1.88 bits per heavy atom. The molecule has 1 aliphatic carbocycles. The van der Waals surface area contributed by atoms with Crippen LogP contribution in [0.25, 0.3) is 0 Å². The van der Waals surface area contributed by atoms with Gasteiger partial charge in [0.15, 0.2) is 0 Å². The van der Waals surface area contributed by atoms with Crippen LogP contribution in [0.5, 0.6) is 0 Å². The maximum Gasteiger partial charge on any atom is 0.215 e. The number of rotatable bonds is 5. The van der Waals surface area contributed by atoms with Gasteiger partial charge in [-0.15, -0.1) is 0 Å². The van der Waals surface area contributed by atoms with Crippen molar-refractivity contribution in [3.05, 3.63) is 0 Å². The van der Waals surface area contributed by atoms with Crippen LogP contribution < -0.4 is 10.5 Å². The molecule has 16 heavy (non-hydrogen) atoms. The predicted molar refractivity (Wildman–Crippen MR) is 66.6 cm³/mol. The average Bonchev–Trinajstić information content (AvgIpc) is 2.27. The number of hydrogen-bond donors (Lipinski definition) is 2. The number of nitrogens with two attached hydrogens (primary N) is 1. The topological polar surface area (TPSA) is 72.2 Å². The van der Waals surface area contributed by atoms with E-state index in [1.807, 2.05) is 0 Å². The Bertz CT molecular complexity index is 308. The third kappa shape index (κ3) is 3.71. The second kappa shape index (κ2) is 5.47. The summed E-state index contributed by atoms with van der Waals surface area (Å²) in [6.45, 7) is 4.54. The SMILES string of the molecule is CC(CN)S(=O)(=O)NCC1(C)CCCCC1. The average molecular weight is 248 g/mol. The highest BCUT2D eigenvalue weighted by Gasteiger charge is 2.29. The molecule has 1 fully saturated rings. The Kier molecular flexibility index (Phi) is 4.76. The summed E-state index contributed by atoms with van der Waals surface area (Å²) in [6, 6.07) is 0. The van der Waals surface area contributed by atoms with E-state index in [-0.39, 0.29) is 12.0 Å². The highest BCUT2D eigenvalue weighted by molar-refractivity contribution is 7.90. The standard InChI is InChI=1S/C11H24N2O2S/c1-10(8-12)16(14,15)13-9-11(2)6-4-3-5-7-11/h10,13H,3-9,12H2,1-2H3. The molecular formula is C11H24N2O2S. The minimum Gasteiger partial charge on any atom is -0.329 e. The van der Waals surface area contributed by atoms with Gasteiger partial charge in [0.05, 0.1) is 5.25 Å². The van der Waals surface area contributed by atoms with Gasteiger partial charge in [-0.3, -0.25) is 0 Å². The zero-order valence-corrected chi connectivity index (χ0v) is 11.1. The molecule has 1 aliphatic rings. The maximum atomic E-state index is 11.8. The summed E-state index contributed by atoms with van der Waals surface area (Å²) in [7, 11) is -3.22. The smallest absolute Gasteiger partial charge is 0.215 e. The number of nitrogens with one attached hydrogen (secondary N) is 1. The van der Waals surface area contributed by atoms with Crippen molar-refractivity contribution in [3.63, 3.8) is 0 Å². The van der Waals surface area contributed by atoms with Crippen molar-refractivity contribution < 1.29 is 8.42 Å². The first-order chi connectivity index (χ1) is 7.40. The molecule has 0 amide bonds. The Hall–Kier alpha value is -0.130. The highest BCUT2D eigenvalue weighted by Crippen LogP contribution is 2.35. The van der Waals surface area contributed by atoms with Gasteiger partial charge in [0.2, 0.25) is 10.0 Å². The quantitative estimate of drug-likeness (QED) is 0.768. The second-order valence-electron chi connectivity index (χ2n) is 5.28. The Morgan fingerprint density at radius 1 is 1.31 bits per heavy atom. The van der Waals surface area contributed by atoms with E-state index in [4.69, 9.17) is 5.73 Å². The monoisotopic (exact) mass is 248 g/mol. The third-order valence-electron chi connectivity index (χ3n) is 3.62. The van der Waals surface area contributed by atoms with Crippen LogP contribution in [0.3, 0.4) is 0 Å². The lowest BCUT2D eigenvalue weighted by atomic mass is 9.76. The van der Waals surface area contributed by atoms with Crippen LogP contribution in [-0.2, 0) is 10.0 Å². The van der Waals surface area contributed by atoms with Crippen molar-refractivity contribution in [3.8, 4) is 0 Å². The van der Waals surface area contributed by atoms with Crippen LogP contribution >= 0.6 is 0 Å². The van der Waals surface area contributed by atoms with Crippen molar-refractivity contribution in [2.45, 2.75) is 51.2 Å². The molecule has 0 saturated heterocycles. The highest BCUT2D eigenvalue weighted by atomic mass is 32.2. The van der Waals surface area contributed by atoms with Crippen LogP contribution in [-0.4, -0.2) is 26.8 Å². The van der Waals surface area contributed by atoms with Gasteiger partial charge >= 0.3 is 0 Å². The lowest BCUT2D eigenvalue weighted by Crippen LogP contribution is -2.42. The summed E-state index contributed by atoms with van der Waals surface area (Å²) in [5.74, 6) is 0. The normalized spacial score (nSPS) is 22.9. The van der Waals surface area contributed by atoms with E-state index in [1.165, 1.54) is 19.3 Å². The summed E-state index contributed by atoms with van der Waals surface area (Å²) < 4.78 is 26.2. The van der Waals surface area contributed by atoms with E-state index in [0.717, 1.165) is 12.8 Å². The molecule has 3 N–H and O–H groups in total. The molecule has 0 aliphatic heterocycles. The summed E-state index contributed by atoms with van der Waals surface area (Å²) in [5.41, 5.74) is 5.52. The maximum absolute atomic E-state index is 11.8. The molecular weight excluding hydrogens is 224 g/mol. The number of hydrogen-bond acceptors (Lipinski definition) is 3. The van der Waals surface area contributed by atoms with Gasteiger partial charge in [0.25, 0.3) is 0 Å². The number of sulfonamides is 1. The van der Waals surface area contributed by atoms with Gasteiger partial charge in [-0.25, -0.2) is 13.1 Å². The summed E-state index contributed by atoms with van der Waals surface area (Å²) >= 11 is 0. The van der Waals surface area contributed by atoms with Gasteiger partial charge in [-0.2, -0.15) is 0 Å². The molecule has 0 aromatic carbocycles. The molecule has 5 heteroatoms. The molecule has 4 nitrogen and oxygen atoms in total. The molecule has 1 rings (SSSR count). The van der Waals surface area contributed by atoms with E-state index >= 15 is 0 Å². The first kappa shape index (κ1) is 13.9. The molecule has 0 heterocycles. The van der Waals surface area contributed by atoms with Gasteiger partial charge in [-0.1, -0.05) is 26.2 Å². The molecule has 0 aromatic heterocycles. The molecule has 0 radical (unpaired) electrons. The molecule has 1 atom stereocenters. The lowest BCUT2D eigenvalue weighted by molar-refractivity contribution is 0.219. The van der Waals surface area contributed by atoms with Crippen LogP contribution in [0.1, 0.15) is 46.0 Å². The Balaban J connectivity index is 2.50. The van der Waals surface area contributed by atoms with Crippen molar-refractivity contribution in [1.29, 1.82) is 0 Å². The molecule has 0 spiro atoms. The fourth-order valence-electron chi connectivity index (χ4n) is 2.13. The van der Waals surface area contributed by atoms with Crippen LogP contribution in [0.15, 0.2) is 0 Å². The zero-order valence-electron chi connectivity index (χ0n) is 10.3. The van der Waals surface area contributed by atoms with E-state index in [1.54, 1.807) is 6.92 Å². The van der Waals surface area contributed by atoms with Crippen LogP contribution in [0.4, 0.5) is 0 Å². The van der Waals surface area contributed by atoms with Gasteiger partial charge in [0.1, 0.15) is 0 Å². The summed E-state index contributed by atoms with van der Waals surface area (Å²) in [4.78, 5) is 0. The van der Waals surface area contributed by atoms with E-state index in [9.17, 15) is 8.42 Å². The fraction of sp³-hybridized carbons (Fsp3) is 1.00. The Labute approximate surface area is 99.0 Å². The fourth-order valence-corrected chi connectivity index (χ4v) is 3.21. The predicted octanol–water partition coefficient (Wildman–Crippen LogP) is 1.22. The van der Waals surface area contributed by atoms with Gasteiger partial charge in [-0.05, 0) is 25.2 Å². The molecule has 96 valence electrons. The minimum atomic E-state index is -3.22. The first-order valence-electron chi connectivity index (χ1n) is 6.08. The van der Waals surface area contributed by atoms with E-state index in [0.29, 0.717) is 6.54 Å². The van der Waals surface area contributed by atoms with Crippen molar-refractivity contribution in [2.24, 2.45) is 11.1 Å². The van der Waals surface area contributed by atoms with E-state index in [2.05, 4.69) is 11.6 Å². The van der Waals surface area contributed by atoms with Crippen molar-refractivity contribution in [2.75, 3.05) is 13.1 Å². The van der Waals surface area contributed by atoms with E-state index < -0.39 is 15.3 Å². The molecule has 1 saturated carbocycles. The summed E-state index contributed by atoms with van der Waals surface area (Å²) in [6.07, 6.45) is 5.94. The van der Waals surface area contributed by atoms with Crippen molar-refractivity contribution >= 4 is 10.0 Å². The third-order valence-corrected chi connectivity index (χ3v) is 5.42. The summed E-state index contributed by atoms with van der Waals surface area (Å²) in [5, 5.41) is -0.500. The second-order valence-corrected chi connectivity index (χ2v) is 7.47. The molecule has 1 unspecified atom stereocenters. The van der Waals surface area contributed by atoms with Gasteiger partial charge in [0, 0.05) is 13.1 Å². The molecule has 0 aromatic rings. The van der Waals surface area contributed by atoms with Crippen LogP contribution in [0, 0.1) is 5.41 Å². The minimum absolute atomic E-state index is 0.139. The lowest BCUT2D eigenvalue weighted by Gasteiger charge is -2.33. The van der Waals surface area contributed by atoms with Gasteiger partial charge < -0.3 is 5.73 Å². The Morgan fingerprint density at radius 3 is 2.38 bits per heavy atom.